The second kappa shape index (κ2) is 3.56. The number of nitrogens with zero attached hydrogens (tertiary/aromatic N) is 1. The topological polar surface area (TPSA) is 20.3 Å². The van der Waals surface area contributed by atoms with Crippen LogP contribution in [0.3, 0.4) is 0 Å². The summed E-state index contributed by atoms with van der Waals surface area (Å²) in [5.41, 5.74) is 0. The van der Waals surface area contributed by atoms with Gasteiger partial charge in [-0.1, -0.05) is 19.9 Å². The molecule has 0 aromatic carbocycles. The molecule has 0 atom stereocenters. The van der Waals surface area contributed by atoms with Gasteiger partial charge in [-0.25, -0.2) is 0 Å². The molecular weight excluding hydrogens is 138 g/mol. The molecule has 1 amide bonds. The maximum atomic E-state index is 11.1. The van der Waals surface area contributed by atoms with E-state index in [1.165, 1.54) is 0 Å². The number of allylic oxidation sites excluding steroid dienone is 1. The standard InChI is InChI=1S/C9H15NO/c1-8(2)5-7-10-6-3-4-9(10)11/h5,7-8H,3-4,6H2,1-2H3/b7-5+. The molecule has 0 aromatic heterocycles. The number of carbonyl (C=O) groups excluding carboxylic acids is 1. The molecule has 2 heteroatoms. The smallest absolute Gasteiger partial charge is 0.226 e. The molecule has 62 valence electrons. The fraction of sp³-hybridized carbons (Fsp3) is 0.667. The van der Waals surface area contributed by atoms with E-state index >= 15 is 0 Å². The number of likely N-dealkylation sites (tertiary alicyclic amines) is 1. The number of carbonyl (C=O) groups is 1. The van der Waals surface area contributed by atoms with Crippen LogP contribution in [0, 0.1) is 5.92 Å². The highest BCUT2D eigenvalue weighted by atomic mass is 16.2. The molecule has 0 bridgehead atoms. The number of hydrogen-bond acceptors (Lipinski definition) is 1. The van der Waals surface area contributed by atoms with Crippen molar-refractivity contribution < 1.29 is 4.79 Å². The third-order valence-electron chi connectivity index (χ3n) is 1.76. The number of amides is 1. The lowest BCUT2D eigenvalue weighted by Crippen LogP contribution is -2.17. The lowest BCUT2D eigenvalue weighted by molar-refractivity contribution is -0.125. The van der Waals surface area contributed by atoms with Gasteiger partial charge in [-0.3, -0.25) is 4.79 Å². The molecule has 0 aromatic rings. The molecule has 0 radical (unpaired) electrons. The first kappa shape index (κ1) is 8.31. The minimum Gasteiger partial charge on any atom is -0.319 e. The summed E-state index contributed by atoms with van der Waals surface area (Å²) in [5, 5.41) is 0. The van der Waals surface area contributed by atoms with Gasteiger partial charge in [-0.05, 0) is 12.3 Å². The van der Waals surface area contributed by atoms with E-state index in [4.69, 9.17) is 0 Å². The SMILES string of the molecule is CC(C)/C=C/N1CCCC1=O. The summed E-state index contributed by atoms with van der Waals surface area (Å²) >= 11 is 0. The lowest BCUT2D eigenvalue weighted by Gasteiger charge is -2.08. The first-order valence-electron chi connectivity index (χ1n) is 4.18. The zero-order chi connectivity index (χ0) is 8.27. The first-order chi connectivity index (χ1) is 5.20. The number of hydrogen-bond donors (Lipinski definition) is 0. The number of rotatable bonds is 2. The average molecular weight is 153 g/mol. The van der Waals surface area contributed by atoms with Crippen LogP contribution < -0.4 is 0 Å². The molecule has 11 heavy (non-hydrogen) atoms. The van der Waals surface area contributed by atoms with Gasteiger partial charge in [-0.15, -0.1) is 0 Å². The van der Waals surface area contributed by atoms with Gasteiger partial charge in [0.25, 0.3) is 0 Å². The van der Waals surface area contributed by atoms with Crippen molar-refractivity contribution >= 4 is 5.91 Å². The van der Waals surface area contributed by atoms with Crippen LogP contribution in [0.5, 0.6) is 0 Å². The maximum Gasteiger partial charge on any atom is 0.226 e. The van der Waals surface area contributed by atoms with E-state index in [2.05, 4.69) is 19.9 Å². The summed E-state index contributed by atoms with van der Waals surface area (Å²) < 4.78 is 0. The molecule has 1 saturated heterocycles. The molecule has 0 aliphatic carbocycles. The van der Waals surface area contributed by atoms with E-state index in [9.17, 15) is 4.79 Å². The highest BCUT2D eigenvalue weighted by molar-refractivity contribution is 5.79. The fourth-order valence-corrected chi connectivity index (χ4v) is 1.10. The van der Waals surface area contributed by atoms with Crippen molar-refractivity contribution in [2.45, 2.75) is 26.7 Å². The van der Waals surface area contributed by atoms with Gasteiger partial charge in [0, 0.05) is 19.2 Å². The third-order valence-corrected chi connectivity index (χ3v) is 1.76. The molecule has 1 fully saturated rings. The minimum absolute atomic E-state index is 0.266. The molecule has 1 aliphatic rings. The highest BCUT2D eigenvalue weighted by Gasteiger charge is 2.16. The van der Waals surface area contributed by atoms with Crippen LogP contribution in [0.15, 0.2) is 12.3 Å². The summed E-state index contributed by atoms with van der Waals surface area (Å²) in [6.45, 7) is 5.12. The average Bonchev–Trinajstić information content (AvgIpc) is 2.31. The van der Waals surface area contributed by atoms with Gasteiger partial charge in [0.15, 0.2) is 0 Å². The van der Waals surface area contributed by atoms with E-state index in [1.807, 2.05) is 6.20 Å². The normalized spacial score (nSPS) is 19.2. The Labute approximate surface area is 67.9 Å². The van der Waals surface area contributed by atoms with E-state index in [-0.39, 0.29) is 5.91 Å². The van der Waals surface area contributed by atoms with Crippen molar-refractivity contribution in [2.24, 2.45) is 5.92 Å². The predicted octanol–water partition coefficient (Wildman–Crippen LogP) is 1.78. The lowest BCUT2D eigenvalue weighted by atomic mass is 10.2. The largest absolute Gasteiger partial charge is 0.319 e. The van der Waals surface area contributed by atoms with Crippen molar-refractivity contribution in [1.82, 2.24) is 4.90 Å². The summed E-state index contributed by atoms with van der Waals surface area (Å²) in [4.78, 5) is 12.9. The Morgan fingerprint density at radius 2 is 2.27 bits per heavy atom. The van der Waals surface area contributed by atoms with Gasteiger partial charge < -0.3 is 4.90 Å². The molecule has 0 spiro atoms. The van der Waals surface area contributed by atoms with E-state index in [1.54, 1.807) is 4.90 Å². The molecule has 1 heterocycles. The predicted molar refractivity (Wildman–Crippen MR) is 44.9 cm³/mol. The van der Waals surface area contributed by atoms with Gasteiger partial charge in [-0.2, -0.15) is 0 Å². The minimum atomic E-state index is 0.266. The summed E-state index contributed by atoms with van der Waals surface area (Å²) in [6.07, 6.45) is 5.72. The van der Waals surface area contributed by atoms with E-state index < -0.39 is 0 Å². The van der Waals surface area contributed by atoms with Crippen molar-refractivity contribution in [2.75, 3.05) is 6.54 Å². The molecule has 1 rings (SSSR count). The molecule has 1 aliphatic heterocycles. The van der Waals surface area contributed by atoms with Crippen LogP contribution in [0.25, 0.3) is 0 Å². The van der Waals surface area contributed by atoms with E-state index in [0.717, 1.165) is 19.4 Å². The Bertz CT molecular complexity index is 172. The molecule has 0 saturated carbocycles. The van der Waals surface area contributed by atoms with E-state index in [0.29, 0.717) is 5.92 Å². The summed E-state index contributed by atoms with van der Waals surface area (Å²) in [5.74, 6) is 0.797. The van der Waals surface area contributed by atoms with Crippen LogP contribution >= 0.6 is 0 Å². The van der Waals surface area contributed by atoms with Crippen LogP contribution in [0.4, 0.5) is 0 Å². The van der Waals surface area contributed by atoms with Gasteiger partial charge in [0.2, 0.25) is 5.91 Å². The molecular formula is C9H15NO. The Balaban J connectivity index is 2.42. The highest BCUT2D eigenvalue weighted by Crippen LogP contribution is 2.10. The van der Waals surface area contributed by atoms with Gasteiger partial charge >= 0.3 is 0 Å². The molecule has 0 unspecified atom stereocenters. The van der Waals surface area contributed by atoms with Gasteiger partial charge in [0.1, 0.15) is 0 Å². The van der Waals surface area contributed by atoms with Crippen LogP contribution in [-0.2, 0) is 4.79 Å². The fourth-order valence-electron chi connectivity index (χ4n) is 1.10. The Kier molecular flexibility index (Phi) is 2.69. The zero-order valence-electron chi connectivity index (χ0n) is 7.21. The van der Waals surface area contributed by atoms with Crippen molar-refractivity contribution in [3.05, 3.63) is 12.3 Å². The summed E-state index contributed by atoms with van der Waals surface area (Å²) in [6, 6.07) is 0. The van der Waals surface area contributed by atoms with Crippen molar-refractivity contribution in [3.63, 3.8) is 0 Å². The molecule has 0 N–H and O–H groups in total. The summed E-state index contributed by atoms with van der Waals surface area (Å²) in [7, 11) is 0. The maximum absolute atomic E-state index is 11.1. The van der Waals surface area contributed by atoms with Crippen LogP contribution in [-0.4, -0.2) is 17.4 Å². The first-order valence-corrected chi connectivity index (χ1v) is 4.18. The second-order valence-corrected chi connectivity index (χ2v) is 3.28. The Morgan fingerprint density at radius 3 is 2.73 bits per heavy atom. The Morgan fingerprint density at radius 1 is 1.55 bits per heavy atom. The van der Waals surface area contributed by atoms with Crippen molar-refractivity contribution in [1.29, 1.82) is 0 Å². The third kappa shape index (κ3) is 2.37. The molecule has 2 nitrogen and oxygen atoms in total. The monoisotopic (exact) mass is 153 g/mol. The second-order valence-electron chi connectivity index (χ2n) is 3.28. The van der Waals surface area contributed by atoms with Crippen LogP contribution in [0.1, 0.15) is 26.7 Å². The Hall–Kier alpha value is -0.790. The van der Waals surface area contributed by atoms with Crippen molar-refractivity contribution in [3.8, 4) is 0 Å². The zero-order valence-corrected chi connectivity index (χ0v) is 7.21. The van der Waals surface area contributed by atoms with Crippen LogP contribution in [0.2, 0.25) is 0 Å². The quantitative estimate of drug-likeness (QED) is 0.592. The van der Waals surface area contributed by atoms with Gasteiger partial charge in [0.05, 0.1) is 0 Å².